The van der Waals surface area contributed by atoms with Crippen LogP contribution in [0.5, 0.6) is 0 Å². The van der Waals surface area contributed by atoms with Crippen LogP contribution >= 0.6 is 0 Å². The van der Waals surface area contributed by atoms with Gasteiger partial charge in [-0.25, -0.2) is 4.79 Å². The number of carbonyl (C=O) groups excluding carboxylic acids is 2. The highest BCUT2D eigenvalue weighted by atomic mass is 16.4. The number of carboxylic acid groups (broad SMARTS) is 1. The number of hydrogen-bond donors (Lipinski definition) is 1. The molecule has 0 radical (unpaired) electrons. The zero-order valence-electron chi connectivity index (χ0n) is 14.9. The first-order valence-electron chi connectivity index (χ1n) is 8.11. The van der Waals surface area contributed by atoms with Crippen molar-refractivity contribution in [1.82, 2.24) is 0 Å². The molecule has 2 saturated carbocycles. The molecule has 1 aromatic rings. The van der Waals surface area contributed by atoms with E-state index < -0.39 is 5.97 Å². The lowest BCUT2D eigenvalue weighted by molar-refractivity contribution is -0.141. The van der Waals surface area contributed by atoms with E-state index in [0.717, 1.165) is 18.5 Å². The van der Waals surface area contributed by atoms with Crippen LogP contribution in [0.4, 0.5) is 5.69 Å². The molecule has 2 unspecified atom stereocenters. The van der Waals surface area contributed by atoms with Crippen LogP contribution in [0.25, 0.3) is 0 Å². The minimum atomic E-state index is -0.889. The summed E-state index contributed by atoms with van der Waals surface area (Å²) in [5.74, 6) is -1.12. The summed E-state index contributed by atoms with van der Waals surface area (Å²) in [5, 5.41) is 8.60. The smallest absolute Gasteiger partial charge is 0.335 e. The number of Topliss-reactive ketones (excluding diaryl/α,β-unsaturated/α-hetero) is 2. The maximum Gasteiger partial charge on any atom is 0.335 e. The van der Waals surface area contributed by atoms with E-state index in [1.165, 1.54) is 0 Å². The average Bonchev–Trinajstić information content (AvgIpc) is 2.82. The highest BCUT2D eigenvalue weighted by Gasteiger charge is 2.66. The maximum atomic E-state index is 11.6. The van der Waals surface area contributed by atoms with Gasteiger partial charge in [0, 0.05) is 31.1 Å². The van der Waals surface area contributed by atoms with Gasteiger partial charge in [-0.2, -0.15) is 0 Å². The third-order valence-corrected chi connectivity index (χ3v) is 5.90. The summed E-state index contributed by atoms with van der Waals surface area (Å²) < 4.78 is 0. The van der Waals surface area contributed by atoms with Crippen LogP contribution in [0.3, 0.4) is 0 Å². The topological polar surface area (TPSA) is 74.7 Å². The molecule has 0 spiro atoms. The summed E-state index contributed by atoms with van der Waals surface area (Å²) in [4.78, 5) is 35.4. The van der Waals surface area contributed by atoms with Gasteiger partial charge in [-0.3, -0.25) is 9.59 Å². The van der Waals surface area contributed by atoms with Gasteiger partial charge < -0.3 is 10.0 Å². The number of fused-ring (bicyclic) bond motifs is 2. The van der Waals surface area contributed by atoms with Crippen LogP contribution in [0.2, 0.25) is 0 Å². The first-order valence-corrected chi connectivity index (χ1v) is 8.11. The Morgan fingerprint density at radius 2 is 1.67 bits per heavy atom. The molecular formula is C19H25NO4. The second-order valence-electron chi connectivity index (χ2n) is 7.58. The summed E-state index contributed by atoms with van der Waals surface area (Å²) >= 11 is 0. The molecule has 0 amide bonds. The minimum absolute atomic E-state index is 0.00926. The Labute approximate surface area is 142 Å². The highest BCUT2D eigenvalue weighted by Crippen LogP contribution is 2.61. The molecule has 5 heteroatoms. The number of carbonyl (C=O) groups is 3. The number of aromatic carboxylic acids is 1. The van der Waals surface area contributed by atoms with E-state index in [9.17, 15) is 14.4 Å². The van der Waals surface area contributed by atoms with Crippen molar-refractivity contribution in [3.8, 4) is 0 Å². The Bertz CT molecular complexity index is 675. The van der Waals surface area contributed by atoms with E-state index in [4.69, 9.17) is 5.11 Å². The summed E-state index contributed by atoms with van der Waals surface area (Å²) in [7, 11) is 3.82. The Morgan fingerprint density at radius 3 is 1.96 bits per heavy atom. The van der Waals surface area contributed by atoms with E-state index >= 15 is 0 Å². The Morgan fingerprint density at radius 1 is 1.12 bits per heavy atom. The molecule has 2 atom stereocenters. The van der Waals surface area contributed by atoms with Gasteiger partial charge in [0.15, 0.2) is 0 Å². The van der Waals surface area contributed by atoms with E-state index in [1.54, 1.807) is 24.3 Å². The average molecular weight is 331 g/mol. The molecule has 0 aromatic heterocycles. The molecule has 130 valence electrons. The first kappa shape index (κ1) is 18.2. The van der Waals surface area contributed by atoms with Crippen LogP contribution in [0.15, 0.2) is 24.3 Å². The van der Waals surface area contributed by atoms with Crippen molar-refractivity contribution in [3.63, 3.8) is 0 Å². The molecule has 3 rings (SSSR count). The van der Waals surface area contributed by atoms with Gasteiger partial charge in [-0.1, -0.05) is 20.8 Å². The van der Waals surface area contributed by atoms with Crippen molar-refractivity contribution >= 4 is 23.2 Å². The highest BCUT2D eigenvalue weighted by molar-refractivity contribution is 6.43. The lowest BCUT2D eigenvalue weighted by atomic mass is 9.70. The van der Waals surface area contributed by atoms with Gasteiger partial charge in [0.05, 0.1) is 5.56 Å². The molecule has 0 saturated heterocycles. The molecular weight excluding hydrogens is 306 g/mol. The normalized spacial score (nSPS) is 26.8. The van der Waals surface area contributed by atoms with E-state index in [2.05, 4.69) is 0 Å². The van der Waals surface area contributed by atoms with Gasteiger partial charge in [-0.05, 0) is 42.5 Å². The molecule has 1 aromatic carbocycles. The van der Waals surface area contributed by atoms with Gasteiger partial charge in [0.25, 0.3) is 0 Å². The van der Waals surface area contributed by atoms with Crippen LogP contribution < -0.4 is 4.90 Å². The van der Waals surface area contributed by atoms with Gasteiger partial charge in [0.1, 0.15) is 0 Å². The molecule has 2 aliphatic rings. The largest absolute Gasteiger partial charge is 0.478 e. The second-order valence-corrected chi connectivity index (χ2v) is 7.58. The molecule has 24 heavy (non-hydrogen) atoms. The van der Waals surface area contributed by atoms with Crippen LogP contribution in [-0.2, 0) is 9.59 Å². The summed E-state index contributed by atoms with van der Waals surface area (Å²) in [6, 6.07) is 6.75. The molecule has 1 N–H and O–H groups in total. The molecule has 2 aliphatic carbocycles. The molecule has 2 fully saturated rings. The first-order chi connectivity index (χ1) is 11.0. The molecule has 5 nitrogen and oxygen atoms in total. The van der Waals surface area contributed by atoms with Crippen molar-refractivity contribution in [2.75, 3.05) is 19.0 Å². The lowest BCUT2D eigenvalue weighted by Gasteiger charge is -2.31. The second kappa shape index (κ2) is 6.04. The summed E-state index contributed by atoms with van der Waals surface area (Å²) in [5.41, 5.74) is 0.872. The van der Waals surface area contributed by atoms with Gasteiger partial charge >= 0.3 is 5.97 Å². The van der Waals surface area contributed by atoms with Gasteiger partial charge in [0.2, 0.25) is 11.6 Å². The SMILES string of the molecule is CC12CCC(C(=O)C1=O)C2(C)C.CN(C)c1ccc(C(=O)O)cc1. The standard InChI is InChI=1S/C10H14O2.C9H11NO2/c1-9(2)6-4-5-10(9,3)8(12)7(6)11;1-10(2)8-5-3-7(4-6-8)9(11)12/h6H,4-5H2,1-3H3;3-6H,1-2H3,(H,11,12). The quantitative estimate of drug-likeness (QED) is 0.843. The monoisotopic (exact) mass is 331 g/mol. The number of benzene rings is 1. The van der Waals surface area contributed by atoms with Gasteiger partial charge in [-0.15, -0.1) is 0 Å². The number of rotatable bonds is 2. The van der Waals surface area contributed by atoms with E-state index in [1.807, 2.05) is 39.8 Å². The molecule has 0 aliphatic heterocycles. The van der Waals surface area contributed by atoms with Crippen molar-refractivity contribution in [3.05, 3.63) is 29.8 Å². The lowest BCUT2D eigenvalue weighted by Crippen LogP contribution is -2.33. The summed E-state index contributed by atoms with van der Waals surface area (Å²) in [6.07, 6.45) is 1.81. The van der Waals surface area contributed by atoms with Crippen LogP contribution in [0, 0.1) is 16.7 Å². The van der Waals surface area contributed by atoms with E-state index in [-0.39, 0.29) is 28.3 Å². The number of ketones is 2. The van der Waals surface area contributed by atoms with Crippen molar-refractivity contribution in [1.29, 1.82) is 0 Å². The predicted octanol–water partition coefficient (Wildman–Crippen LogP) is 3.03. The number of nitrogens with zero attached hydrogens (tertiary/aromatic N) is 1. The summed E-state index contributed by atoms with van der Waals surface area (Å²) in [6.45, 7) is 6.04. The number of carboxylic acids is 1. The fourth-order valence-electron chi connectivity index (χ4n) is 3.70. The Kier molecular flexibility index (Phi) is 4.57. The predicted molar refractivity (Wildman–Crippen MR) is 92.4 cm³/mol. The number of anilines is 1. The molecule has 0 heterocycles. The fourth-order valence-corrected chi connectivity index (χ4v) is 3.70. The minimum Gasteiger partial charge on any atom is -0.478 e. The van der Waals surface area contributed by atoms with Crippen molar-refractivity contribution in [2.45, 2.75) is 33.6 Å². The van der Waals surface area contributed by atoms with Crippen molar-refractivity contribution < 1.29 is 19.5 Å². The third kappa shape index (κ3) is 2.72. The van der Waals surface area contributed by atoms with E-state index in [0.29, 0.717) is 5.56 Å². The molecule has 2 bridgehead atoms. The Balaban J connectivity index is 0.000000174. The van der Waals surface area contributed by atoms with Crippen LogP contribution in [0.1, 0.15) is 44.0 Å². The number of hydrogen-bond acceptors (Lipinski definition) is 4. The van der Waals surface area contributed by atoms with Crippen molar-refractivity contribution in [2.24, 2.45) is 16.7 Å². The zero-order chi connectivity index (χ0) is 18.3. The maximum absolute atomic E-state index is 11.6. The van der Waals surface area contributed by atoms with Crippen LogP contribution in [-0.4, -0.2) is 36.7 Å². The fraction of sp³-hybridized carbons (Fsp3) is 0.526. The third-order valence-electron chi connectivity index (χ3n) is 5.90. The zero-order valence-corrected chi connectivity index (χ0v) is 14.9. The Hall–Kier alpha value is -2.17.